The lowest BCUT2D eigenvalue weighted by molar-refractivity contribution is -0.858. The number of benzene rings is 1. The normalized spacial score (nSPS) is 9.85. The zero-order valence-electron chi connectivity index (χ0n) is 15.2. The number of esters is 2. The van der Waals surface area contributed by atoms with Gasteiger partial charge < -0.3 is 19.1 Å². The molecule has 1 N–H and O–H groups in total. The van der Waals surface area contributed by atoms with Crippen molar-refractivity contribution in [2.45, 2.75) is 6.92 Å². The van der Waals surface area contributed by atoms with Gasteiger partial charge in [-0.25, -0.2) is 9.59 Å². The van der Waals surface area contributed by atoms with Gasteiger partial charge in [0, 0.05) is 11.6 Å². The SMILES string of the molecule is C=C(C)C(=O)OCC[NH+](C)C.COC(=O)COc1cc(Cl)c(Cl)cc1Cl. The van der Waals surface area contributed by atoms with Crippen molar-refractivity contribution in [3.05, 3.63) is 39.4 Å². The van der Waals surface area contributed by atoms with Gasteiger partial charge >= 0.3 is 11.9 Å². The Balaban J connectivity index is 0.000000508. The van der Waals surface area contributed by atoms with E-state index in [-0.39, 0.29) is 23.3 Å². The molecule has 0 saturated heterocycles. The number of carbonyl (C=O) groups is 2. The molecule has 0 bridgehead atoms. The third-order valence-electron chi connectivity index (χ3n) is 2.73. The first-order valence-electron chi connectivity index (χ1n) is 7.54. The highest BCUT2D eigenvalue weighted by Gasteiger charge is 2.09. The molecule has 146 valence electrons. The largest absolute Gasteiger partial charge is 0.480 e. The molecule has 26 heavy (non-hydrogen) atoms. The van der Waals surface area contributed by atoms with E-state index in [1.807, 2.05) is 14.1 Å². The van der Waals surface area contributed by atoms with E-state index >= 15 is 0 Å². The second kappa shape index (κ2) is 12.8. The lowest BCUT2D eigenvalue weighted by Crippen LogP contribution is -3.06. The lowest BCUT2D eigenvalue weighted by atomic mass is 10.3. The first-order valence-corrected chi connectivity index (χ1v) is 8.67. The summed E-state index contributed by atoms with van der Waals surface area (Å²) in [6.45, 7) is 6.19. The molecule has 0 heterocycles. The summed E-state index contributed by atoms with van der Waals surface area (Å²) in [4.78, 5) is 22.9. The number of hydrogen-bond donors (Lipinski definition) is 1. The van der Waals surface area contributed by atoms with Crippen molar-refractivity contribution in [2.75, 3.05) is 41.0 Å². The Kier molecular flexibility index (Phi) is 12.1. The molecule has 0 saturated carbocycles. The summed E-state index contributed by atoms with van der Waals surface area (Å²) in [5.41, 5.74) is 0.457. The van der Waals surface area contributed by atoms with Gasteiger partial charge in [-0.2, -0.15) is 0 Å². The molecule has 1 aromatic carbocycles. The number of hydrogen-bond acceptors (Lipinski definition) is 5. The van der Waals surface area contributed by atoms with Gasteiger partial charge in [-0.15, -0.1) is 0 Å². The van der Waals surface area contributed by atoms with Crippen molar-refractivity contribution in [2.24, 2.45) is 0 Å². The van der Waals surface area contributed by atoms with Crippen LogP contribution in [-0.4, -0.2) is 52.9 Å². The van der Waals surface area contributed by atoms with Crippen LogP contribution in [0.5, 0.6) is 5.75 Å². The van der Waals surface area contributed by atoms with Crippen LogP contribution < -0.4 is 9.64 Å². The Morgan fingerprint density at radius 2 is 1.69 bits per heavy atom. The number of likely N-dealkylation sites (N-methyl/N-ethyl adjacent to an activating group) is 1. The van der Waals surface area contributed by atoms with Crippen LogP contribution in [0.3, 0.4) is 0 Å². The number of nitrogens with one attached hydrogen (secondary N) is 1. The van der Waals surface area contributed by atoms with Crippen molar-refractivity contribution < 1.29 is 28.7 Å². The molecule has 0 amide bonds. The van der Waals surface area contributed by atoms with Crippen molar-refractivity contribution in [1.82, 2.24) is 0 Å². The van der Waals surface area contributed by atoms with Crippen LogP contribution in [0.2, 0.25) is 15.1 Å². The molecular formula is C17H23Cl3NO5+. The minimum absolute atomic E-state index is 0.228. The number of ether oxygens (including phenoxy) is 3. The van der Waals surface area contributed by atoms with Gasteiger partial charge in [0.15, 0.2) is 6.61 Å². The number of quaternary nitrogens is 1. The maximum absolute atomic E-state index is 10.8. The van der Waals surface area contributed by atoms with Crippen molar-refractivity contribution in [1.29, 1.82) is 0 Å². The second-order valence-electron chi connectivity index (χ2n) is 5.43. The molecule has 0 fully saturated rings. The Labute approximate surface area is 168 Å². The minimum Gasteiger partial charge on any atom is -0.480 e. The smallest absolute Gasteiger partial charge is 0.343 e. The molecule has 1 rings (SSSR count). The van der Waals surface area contributed by atoms with E-state index in [1.165, 1.54) is 24.1 Å². The Hall–Kier alpha value is -1.47. The number of rotatable bonds is 7. The molecule has 0 unspecified atom stereocenters. The number of halogens is 3. The van der Waals surface area contributed by atoms with Crippen molar-refractivity contribution >= 4 is 46.7 Å². The Morgan fingerprint density at radius 1 is 1.12 bits per heavy atom. The minimum atomic E-state index is -0.503. The van der Waals surface area contributed by atoms with E-state index in [1.54, 1.807) is 6.92 Å². The lowest BCUT2D eigenvalue weighted by Gasteiger charge is -2.07. The summed E-state index contributed by atoms with van der Waals surface area (Å²) in [6, 6.07) is 2.88. The van der Waals surface area contributed by atoms with Crippen LogP contribution in [0.1, 0.15) is 6.92 Å². The van der Waals surface area contributed by atoms with Gasteiger partial charge in [0.2, 0.25) is 0 Å². The first-order chi connectivity index (χ1) is 12.1. The molecule has 6 nitrogen and oxygen atoms in total. The molecule has 0 aliphatic carbocycles. The van der Waals surface area contributed by atoms with Gasteiger partial charge in [-0.05, 0) is 13.0 Å². The van der Waals surface area contributed by atoms with Crippen LogP contribution in [-0.2, 0) is 19.1 Å². The van der Waals surface area contributed by atoms with E-state index in [4.69, 9.17) is 44.3 Å². The fourth-order valence-corrected chi connectivity index (χ4v) is 1.87. The van der Waals surface area contributed by atoms with Gasteiger partial charge in [0.25, 0.3) is 0 Å². The quantitative estimate of drug-likeness (QED) is 0.411. The molecule has 0 atom stereocenters. The molecule has 0 aliphatic rings. The van der Waals surface area contributed by atoms with Crippen LogP contribution in [0.4, 0.5) is 0 Å². The van der Waals surface area contributed by atoms with Crippen LogP contribution in [0, 0.1) is 0 Å². The van der Waals surface area contributed by atoms with Crippen molar-refractivity contribution in [3.63, 3.8) is 0 Å². The number of methoxy groups -OCH3 is 1. The van der Waals surface area contributed by atoms with Gasteiger partial charge in [-0.1, -0.05) is 41.4 Å². The molecule has 1 aromatic rings. The zero-order valence-corrected chi connectivity index (χ0v) is 17.4. The van der Waals surface area contributed by atoms with Crippen LogP contribution >= 0.6 is 34.8 Å². The molecule has 0 radical (unpaired) electrons. The van der Waals surface area contributed by atoms with Gasteiger partial charge in [0.05, 0.1) is 36.3 Å². The van der Waals surface area contributed by atoms with Gasteiger partial charge in [-0.3, -0.25) is 0 Å². The van der Waals surface area contributed by atoms with Crippen molar-refractivity contribution in [3.8, 4) is 5.75 Å². The molecule has 9 heteroatoms. The van der Waals surface area contributed by atoms with Crippen LogP contribution in [0.15, 0.2) is 24.3 Å². The maximum atomic E-state index is 10.8. The highest BCUT2D eigenvalue weighted by Crippen LogP contribution is 2.33. The molecule has 0 aliphatic heterocycles. The third-order valence-corrected chi connectivity index (χ3v) is 3.75. The predicted molar refractivity (Wildman–Crippen MR) is 102 cm³/mol. The summed E-state index contributed by atoms with van der Waals surface area (Å²) >= 11 is 17.3. The first kappa shape index (κ1) is 24.5. The summed E-state index contributed by atoms with van der Waals surface area (Å²) < 4.78 is 14.3. The average Bonchev–Trinajstić information content (AvgIpc) is 2.56. The summed E-state index contributed by atoms with van der Waals surface area (Å²) in [7, 11) is 5.28. The Morgan fingerprint density at radius 3 is 2.19 bits per heavy atom. The zero-order chi connectivity index (χ0) is 20.3. The van der Waals surface area contributed by atoms with Crippen LogP contribution in [0.25, 0.3) is 0 Å². The highest BCUT2D eigenvalue weighted by molar-refractivity contribution is 6.43. The predicted octanol–water partition coefficient (Wildman–Crippen LogP) is 2.45. The molecule has 0 aromatic heterocycles. The second-order valence-corrected chi connectivity index (χ2v) is 6.66. The summed E-state index contributed by atoms with van der Waals surface area (Å²) in [5, 5.41) is 0.918. The maximum Gasteiger partial charge on any atom is 0.343 e. The summed E-state index contributed by atoms with van der Waals surface area (Å²) in [5.74, 6) is -0.514. The fraction of sp³-hybridized carbons (Fsp3) is 0.412. The summed E-state index contributed by atoms with van der Waals surface area (Å²) in [6.07, 6.45) is 0. The third kappa shape index (κ3) is 10.5. The standard InChI is InChI=1S/C9H7Cl3O3.C8H15NO2/c1-14-9(13)4-15-8-3-6(11)5(10)2-7(8)12;1-7(2)8(10)11-6-5-9(3)4/h2-3H,4H2,1H3;1,5-6H2,2-4H3/p+1. The Bertz CT molecular complexity index is 635. The average molecular weight is 428 g/mol. The van der Waals surface area contributed by atoms with E-state index in [9.17, 15) is 9.59 Å². The van der Waals surface area contributed by atoms with E-state index in [0.29, 0.717) is 22.2 Å². The van der Waals surface area contributed by atoms with E-state index in [2.05, 4.69) is 11.3 Å². The monoisotopic (exact) mass is 426 g/mol. The van der Waals surface area contributed by atoms with Gasteiger partial charge in [0.1, 0.15) is 18.9 Å². The molecular weight excluding hydrogens is 405 g/mol. The fourth-order valence-electron chi connectivity index (χ4n) is 1.28. The topological polar surface area (TPSA) is 66.3 Å². The highest BCUT2D eigenvalue weighted by atomic mass is 35.5. The number of carbonyl (C=O) groups excluding carboxylic acids is 2. The van der Waals surface area contributed by atoms with E-state index in [0.717, 1.165) is 6.54 Å². The molecule has 0 spiro atoms. The van der Waals surface area contributed by atoms with E-state index < -0.39 is 5.97 Å².